The number of anilines is 2. The Hall–Kier alpha value is -4.99. The van der Waals surface area contributed by atoms with E-state index < -0.39 is 6.03 Å². The number of morpholine rings is 1. The molecule has 1 aliphatic rings. The number of fused-ring (bicyclic) bond motifs is 1. The fourth-order valence-corrected chi connectivity index (χ4v) is 6.80. The zero-order valence-electron chi connectivity index (χ0n) is 30.2. The van der Waals surface area contributed by atoms with Gasteiger partial charge in [0.2, 0.25) is 0 Å². The summed E-state index contributed by atoms with van der Waals surface area (Å²) >= 11 is 0. The number of carbonyl (C=O) groups is 1. The summed E-state index contributed by atoms with van der Waals surface area (Å²) in [4.78, 5) is 35.7. The molecule has 0 bridgehead atoms. The molecule has 0 unspecified atom stereocenters. The third-order valence-electron chi connectivity index (χ3n) is 9.46. The molecule has 0 spiro atoms. The van der Waals surface area contributed by atoms with E-state index in [-0.39, 0.29) is 23.1 Å². The number of benzene rings is 3. The van der Waals surface area contributed by atoms with Crippen molar-refractivity contribution in [3.05, 3.63) is 118 Å². The molecule has 0 aliphatic carbocycles. The lowest BCUT2D eigenvalue weighted by Gasteiger charge is -2.26. The molecule has 9 nitrogen and oxygen atoms in total. The number of carbonyl (C=O) groups excluding carboxylic acids is 1. The number of hydrogen-bond donors (Lipinski definition) is 2. The molecule has 266 valence electrons. The van der Waals surface area contributed by atoms with Gasteiger partial charge < -0.3 is 20.1 Å². The number of para-hydroxylation sites is 1. The smallest absolute Gasteiger partial charge is 0.323 e. The number of hydrogen-bond acceptors (Lipinski definition) is 6. The SMILES string of the molecule is CC(C)c1cccc(C(C)C)c1NC(=O)Nc1c(-c2cccc(OCCN3CCOCC3)c2)c2cccnc2n(CCCc2ccccc2)c1=O. The molecule has 1 fully saturated rings. The van der Waals surface area contributed by atoms with Gasteiger partial charge in [0.05, 0.1) is 13.2 Å². The summed E-state index contributed by atoms with van der Waals surface area (Å²) in [5.74, 6) is 1.07. The number of rotatable bonds is 13. The minimum Gasteiger partial charge on any atom is -0.492 e. The summed E-state index contributed by atoms with van der Waals surface area (Å²) in [7, 11) is 0. The topological polar surface area (TPSA) is 97.7 Å². The Morgan fingerprint density at radius 3 is 2.27 bits per heavy atom. The monoisotopic (exact) mass is 687 g/mol. The first-order valence-electron chi connectivity index (χ1n) is 18.1. The van der Waals surface area contributed by atoms with E-state index in [0.29, 0.717) is 30.1 Å². The van der Waals surface area contributed by atoms with E-state index >= 15 is 0 Å². The van der Waals surface area contributed by atoms with E-state index in [4.69, 9.17) is 14.5 Å². The van der Waals surface area contributed by atoms with Gasteiger partial charge in [-0.05, 0) is 71.2 Å². The van der Waals surface area contributed by atoms with E-state index in [1.165, 1.54) is 5.56 Å². The second-order valence-corrected chi connectivity index (χ2v) is 13.7. The molecule has 2 amide bonds. The first kappa shape index (κ1) is 35.8. The molecule has 0 radical (unpaired) electrons. The molecular formula is C42H49N5O4. The maximum atomic E-state index is 14.6. The van der Waals surface area contributed by atoms with Crippen molar-refractivity contribution in [3.63, 3.8) is 0 Å². The van der Waals surface area contributed by atoms with Gasteiger partial charge in [-0.2, -0.15) is 0 Å². The summed E-state index contributed by atoms with van der Waals surface area (Å²) in [6.45, 7) is 13.5. The molecule has 0 atom stereocenters. The third kappa shape index (κ3) is 8.67. The van der Waals surface area contributed by atoms with Crippen molar-refractivity contribution in [2.45, 2.75) is 58.9 Å². The fraction of sp³-hybridized carbons (Fsp3) is 0.357. The van der Waals surface area contributed by atoms with Crippen molar-refractivity contribution in [2.75, 3.05) is 50.1 Å². The minimum absolute atomic E-state index is 0.189. The van der Waals surface area contributed by atoms with E-state index in [2.05, 4.69) is 55.4 Å². The van der Waals surface area contributed by atoms with Crippen molar-refractivity contribution in [2.24, 2.45) is 0 Å². The highest BCUT2D eigenvalue weighted by molar-refractivity contribution is 6.07. The van der Waals surface area contributed by atoms with Gasteiger partial charge in [-0.25, -0.2) is 9.78 Å². The predicted octanol–water partition coefficient (Wildman–Crippen LogP) is 8.30. The summed E-state index contributed by atoms with van der Waals surface area (Å²) in [6.07, 6.45) is 3.24. The van der Waals surface area contributed by atoms with Gasteiger partial charge in [0.25, 0.3) is 5.56 Å². The molecule has 6 rings (SSSR count). The summed E-state index contributed by atoms with van der Waals surface area (Å²) < 4.78 is 13.4. The van der Waals surface area contributed by atoms with Crippen LogP contribution in [-0.2, 0) is 17.7 Å². The number of pyridine rings is 2. The van der Waals surface area contributed by atoms with Gasteiger partial charge in [-0.15, -0.1) is 0 Å². The largest absolute Gasteiger partial charge is 0.492 e. The molecule has 2 aromatic heterocycles. The van der Waals surface area contributed by atoms with Crippen molar-refractivity contribution in [1.82, 2.24) is 14.5 Å². The number of aromatic nitrogens is 2. The van der Waals surface area contributed by atoms with Gasteiger partial charge in [0.1, 0.15) is 23.7 Å². The summed E-state index contributed by atoms with van der Waals surface area (Å²) in [5.41, 5.74) is 5.89. The molecule has 51 heavy (non-hydrogen) atoms. The quantitative estimate of drug-likeness (QED) is 0.129. The van der Waals surface area contributed by atoms with Crippen LogP contribution < -0.4 is 20.9 Å². The van der Waals surface area contributed by atoms with Crippen LogP contribution >= 0.6 is 0 Å². The Balaban J connectivity index is 1.38. The third-order valence-corrected chi connectivity index (χ3v) is 9.46. The number of ether oxygens (including phenoxy) is 2. The number of aryl methyl sites for hydroxylation is 2. The van der Waals surface area contributed by atoms with E-state index in [1.54, 1.807) is 10.8 Å². The van der Waals surface area contributed by atoms with Crippen molar-refractivity contribution >= 4 is 28.4 Å². The van der Waals surface area contributed by atoms with Crippen LogP contribution in [0.4, 0.5) is 16.2 Å². The second kappa shape index (κ2) is 16.8. The van der Waals surface area contributed by atoms with Crippen LogP contribution in [0.3, 0.4) is 0 Å². The Kier molecular flexibility index (Phi) is 11.8. The number of urea groups is 1. The maximum absolute atomic E-state index is 14.6. The van der Waals surface area contributed by atoms with E-state index in [9.17, 15) is 9.59 Å². The Bertz CT molecular complexity index is 1970. The van der Waals surface area contributed by atoms with Crippen LogP contribution in [-0.4, -0.2) is 59.9 Å². The first-order valence-corrected chi connectivity index (χ1v) is 18.1. The van der Waals surface area contributed by atoms with Crippen molar-refractivity contribution < 1.29 is 14.3 Å². The van der Waals surface area contributed by atoms with Crippen LogP contribution in [0.15, 0.2) is 95.9 Å². The molecule has 1 saturated heterocycles. The van der Waals surface area contributed by atoms with Crippen molar-refractivity contribution in [3.8, 4) is 16.9 Å². The average molecular weight is 688 g/mol. The van der Waals surface area contributed by atoms with Gasteiger partial charge in [0, 0.05) is 49.0 Å². The molecular weight excluding hydrogens is 638 g/mol. The molecule has 3 heterocycles. The average Bonchev–Trinajstić information content (AvgIpc) is 3.14. The molecule has 0 saturated carbocycles. The Morgan fingerprint density at radius 1 is 0.843 bits per heavy atom. The summed E-state index contributed by atoms with van der Waals surface area (Å²) in [6, 6.07) is 27.4. The zero-order chi connectivity index (χ0) is 35.7. The Labute approximate surface area is 300 Å². The molecule has 1 aliphatic heterocycles. The van der Waals surface area contributed by atoms with Crippen LogP contribution in [0.2, 0.25) is 0 Å². The first-order chi connectivity index (χ1) is 24.8. The summed E-state index contributed by atoms with van der Waals surface area (Å²) in [5, 5.41) is 6.95. The van der Waals surface area contributed by atoms with Crippen LogP contribution in [0.1, 0.15) is 62.6 Å². The highest BCUT2D eigenvalue weighted by Crippen LogP contribution is 2.36. The van der Waals surface area contributed by atoms with E-state index in [1.807, 2.05) is 72.8 Å². The van der Waals surface area contributed by atoms with E-state index in [0.717, 1.165) is 73.5 Å². The molecule has 3 aromatic carbocycles. The lowest BCUT2D eigenvalue weighted by Crippen LogP contribution is -2.38. The normalized spacial score (nSPS) is 13.5. The predicted molar refractivity (Wildman–Crippen MR) is 206 cm³/mol. The van der Waals surface area contributed by atoms with Gasteiger partial charge >= 0.3 is 6.03 Å². The Morgan fingerprint density at radius 2 is 1.55 bits per heavy atom. The maximum Gasteiger partial charge on any atom is 0.323 e. The number of nitrogens with zero attached hydrogens (tertiary/aromatic N) is 3. The van der Waals surface area contributed by atoms with Crippen molar-refractivity contribution in [1.29, 1.82) is 0 Å². The van der Waals surface area contributed by atoms with Crippen LogP contribution in [0, 0.1) is 0 Å². The highest BCUT2D eigenvalue weighted by Gasteiger charge is 2.23. The molecule has 9 heteroatoms. The molecule has 2 N–H and O–H groups in total. The second-order valence-electron chi connectivity index (χ2n) is 13.7. The highest BCUT2D eigenvalue weighted by atomic mass is 16.5. The van der Waals surface area contributed by atoms with Crippen LogP contribution in [0.25, 0.3) is 22.2 Å². The standard InChI is InChI=1S/C42H49N5O4/c1-29(2)34-17-9-18-35(30(3)4)38(34)44-42(49)45-39-37(32-15-8-16-33(28-32)51-27-24-46-22-25-50-26-23-46)36-19-10-20-43-40(36)47(41(39)48)21-11-14-31-12-6-5-7-13-31/h5-10,12-13,15-20,28-30H,11,14,21-27H2,1-4H3,(H2,44,45,49). The lowest BCUT2D eigenvalue weighted by atomic mass is 9.93. The van der Waals surface area contributed by atoms with Gasteiger partial charge in [-0.3, -0.25) is 14.3 Å². The van der Waals surface area contributed by atoms with Crippen LogP contribution in [0.5, 0.6) is 5.75 Å². The molecule has 5 aromatic rings. The fourth-order valence-electron chi connectivity index (χ4n) is 6.80. The van der Waals surface area contributed by atoms with Gasteiger partial charge in [0.15, 0.2) is 0 Å². The zero-order valence-corrected chi connectivity index (χ0v) is 30.2. The number of amides is 2. The van der Waals surface area contributed by atoms with Gasteiger partial charge in [-0.1, -0.05) is 88.4 Å². The number of nitrogens with one attached hydrogen (secondary N) is 2. The minimum atomic E-state index is -0.472. The lowest BCUT2D eigenvalue weighted by molar-refractivity contribution is 0.0322.